The summed E-state index contributed by atoms with van der Waals surface area (Å²) in [6.07, 6.45) is 5.15. The van der Waals surface area contributed by atoms with Crippen molar-refractivity contribution in [2.24, 2.45) is 10.5 Å². The maximum atomic E-state index is 11.3. The van der Waals surface area contributed by atoms with E-state index in [1.54, 1.807) is 12.5 Å². The predicted molar refractivity (Wildman–Crippen MR) is 58.4 cm³/mol. The fourth-order valence-electron chi connectivity index (χ4n) is 1.03. The number of H-pyrrole nitrogens is 1. The van der Waals surface area contributed by atoms with Gasteiger partial charge in [-0.3, -0.25) is 4.79 Å². The largest absolute Gasteiger partial charge is 0.344 e. The van der Waals surface area contributed by atoms with E-state index in [1.165, 1.54) is 6.21 Å². The van der Waals surface area contributed by atoms with Gasteiger partial charge >= 0.3 is 0 Å². The second-order valence-corrected chi connectivity index (χ2v) is 4.54. The van der Waals surface area contributed by atoms with Crippen molar-refractivity contribution in [3.8, 4) is 0 Å². The molecule has 0 unspecified atom stereocenters. The fraction of sp³-hybridized carbons (Fsp3) is 0.500. The van der Waals surface area contributed by atoms with Crippen molar-refractivity contribution >= 4 is 12.1 Å². The van der Waals surface area contributed by atoms with E-state index in [0.717, 1.165) is 5.69 Å². The molecular formula is C10H16N4O. The molecule has 0 radical (unpaired) electrons. The summed E-state index contributed by atoms with van der Waals surface area (Å²) in [5, 5.41) is 3.80. The number of nitrogens with one attached hydrogen (secondary N) is 2. The average molecular weight is 208 g/mol. The molecule has 0 saturated carbocycles. The Morgan fingerprint density at radius 1 is 1.67 bits per heavy atom. The van der Waals surface area contributed by atoms with Gasteiger partial charge in [0.25, 0.3) is 0 Å². The molecule has 0 spiro atoms. The van der Waals surface area contributed by atoms with Crippen molar-refractivity contribution in [3.63, 3.8) is 0 Å². The van der Waals surface area contributed by atoms with Crippen molar-refractivity contribution in [1.29, 1.82) is 0 Å². The smallest absolute Gasteiger partial charge is 0.240 e. The first-order valence-corrected chi connectivity index (χ1v) is 4.78. The number of carbonyl (C=O) groups is 1. The number of hydrogen-bond acceptors (Lipinski definition) is 3. The Balaban J connectivity index is 2.35. The second kappa shape index (κ2) is 4.72. The van der Waals surface area contributed by atoms with Gasteiger partial charge in [-0.2, -0.15) is 5.10 Å². The van der Waals surface area contributed by atoms with Crippen LogP contribution in [0.3, 0.4) is 0 Å². The minimum atomic E-state index is -0.0849. The van der Waals surface area contributed by atoms with Crippen LogP contribution in [-0.2, 0) is 4.79 Å². The molecule has 1 amide bonds. The lowest BCUT2D eigenvalue weighted by molar-refractivity contribution is -0.122. The van der Waals surface area contributed by atoms with E-state index >= 15 is 0 Å². The molecule has 0 saturated heterocycles. The van der Waals surface area contributed by atoms with Crippen LogP contribution in [0.5, 0.6) is 0 Å². The van der Waals surface area contributed by atoms with Gasteiger partial charge in [-0.15, -0.1) is 0 Å². The lowest BCUT2D eigenvalue weighted by Crippen LogP contribution is -2.23. The molecule has 82 valence electrons. The molecule has 1 aromatic rings. The van der Waals surface area contributed by atoms with Crippen LogP contribution >= 0.6 is 0 Å². The zero-order valence-electron chi connectivity index (χ0n) is 9.24. The third kappa shape index (κ3) is 4.95. The number of hydrazone groups is 1. The monoisotopic (exact) mass is 208 g/mol. The Labute approximate surface area is 89.0 Å². The van der Waals surface area contributed by atoms with E-state index in [2.05, 4.69) is 20.5 Å². The van der Waals surface area contributed by atoms with Crippen molar-refractivity contribution in [2.75, 3.05) is 0 Å². The summed E-state index contributed by atoms with van der Waals surface area (Å²) in [5.74, 6) is -0.0849. The first kappa shape index (κ1) is 11.4. The van der Waals surface area contributed by atoms with Gasteiger partial charge in [-0.25, -0.2) is 10.4 Å². The molecule has 0 aromatic carbocycles. The first-order chi connectivity index (χ1) is 6.97. The standard InChI is InChI=1S/C10H16N4O/c1-10(2,3)4-9(15)14-13-6-8-5-11-7-12-8/h5-7H,4H2,1-3H3,(H,11,12)(H,14,15)/b13-6+. The number of aromatic amines is 1. The first-order valence-electron chi connectivity index (χ1n) is 4.78. The minimum Gasteiger partial charge on any atom is -0.344 e. The molecule has 0 aliphatic rings. The Kier molecular flexibility index (Phi) is 3.60. The molecular weight excluding hydrogens is 192 g/mol. The number of nitrogens with zero attached hydrogens (tertiary/aromatic N) is 2. The molecule has 0 aliphatic carbocycles. The van der Waals surface area contributed by atoms with E-state index in [9.17, 15) is 4.79 Å². The highest BCUT2D eigenvalue weighted by atomic mass is 16.2. The van der Waals surface area contributed by atoms with E-state index in [4.69, 9.17) is 0 Å². The molecule has 0 aliphatic heterocycles. The van der Waals surface area contributed by atoms with Crippen molar-refractivity contribution in [2.45, 2.75) is 27.2 Å². The predicted octanol–water partition coefficient (Wildman–Crippen LogP) is 1.30. The molecule has 15 heavy (non-hydrogen) atoms. The van der Waals surface area contributed by atoms with Crippen molar-refractivity contribution in [3.05, 3.63) is 18.2 Å². The van der Waals surface area contributed by atoms with Gasteiger partial charge in [-0.05, 0) is 5.41 Å². The zero-order chi connectivity index (χ0) is 11.3. The summed E-state index contributed by atoms with van der Waals surface area (Å²) in [5.41, 5.74) is 3.20. The molecule has 1 heterocycles. The molecule has 5 nitrogen and oxygen atoms in total. The van der Waals surface area contributed by atoms with E-state index < -0.39 is 0 Å². The zero-order valence-corrected chi connectivity index (χ0v) is 9.24. The van der Waals surface area contributed by atoms with Gasteiger partial charge in [0, 0.05) is 6.42 Å². The SMILES string of the molecule is CC(C)(C)CC(=O)N/N=C/c1cnc[nH]1. The van der Waals surface area contributed by atoms with Gasteiger partial charge in [0.15, 0.2) is 0 Å². The van der Waals surface area contributed by atoms with Crippen LogP contribution in [-0.4, -0.2) is 22.1 Å². The van der Waals surface area contributed by atoms with Crippen LogP contribution < -0.4 is 5.43 Å². The molecule has 1 aromatic heterocycles. The minimum absolute atomic E-state index is 0.0202. The van der Waals surface area contributed by atoms with Crippen molar-refractivity contribution < 1.29 is 4.79 Å². The van der Waals surface area contributed by atoms with Crippen LogP contribution in [0, 0.1) is 5.41 Å². The molecule has 2 N–H and O–H groups in total. The van der Waals surface area contributed by atoms with Gasteiger partial charge in [0.1, 0.15) is 0 Å². The van der Waals surface area contributed by atoms with Gasteiger partial charge in [-0.1, -0.05) is 20.8 Å². The van der Waals surface area contributed by atoms with E-state index in [0.29, 0.717) is 6.42 Å². The van der Waals surface area contributed by atoms with Crippen molar-refractivity contribution in [1.82, 2.24) is 15.4 Å². The number of amides is 1. The second-order valence-electron chi connectivity index (χ2n) is 4.54. The number of rotatable bonds is 3. The Morgan fingerprint density at radius 3 is 2.93 bits per heavy atom. The highest BCUT2D eigenvalue weighted by Crippen LogP contribution is 2.17. The normalized spacial score (nSPS) is 11.9. The van der Waals surface area contributed by atoms with Crippen LogP contribution in [0.25, 0.3) is 0 Å². The van der Waals surface area contributed by atoms with Crippen LogP contribution in [0.4, 0.5) is 0 Å². The fourth-order valence-corrected chi connectivity index (χ4v) is 1.03. The molecule has 0 bridgehead atoms. The summed E-state index contributed by atoms with van der Waals surface area (Å²) in [6.45, 7) is 6.02. The summed E-state index contributed by atoms with van der Waals surface area (Å²) in [7, 11) is 0. The third-order valence-corrected chi connectivity index (χ3v) is 1.60. The maximum Gasteiger partial charge on any atom is 0.240 e. The summed E-state index contributed by atoms with van der Waals surface area (Å²) in [4.78, 5) is 18.0. The Hall–Kier alpha value is -1.65. The number of imidazole rings is 1. The number of hydrogen-bond donors (Lipinski definition) is 2. The van der Waals surface area contributed by atoms with Crippen LogP contribution in [0.15, 0.2) is 17.6 Å². The maximum absolute atomic E-state index is 11.3. The Morgan fingerprint density at radius 2 is 2.40 bits per heavy atom. The van der Waals surface area contributed by atoms with Gasteiger partial charge in [0.2, 0.25) is 5.91 Å². The quantitative estimate of drug-likeness (QED) is 0.580. The topological polar surface area (TPSA) is 70.1 Å². The molecule has 5 heteroatoms. The average Bonchev–Trinajstić information content (AvgIpc) is 2.53. The summed E-state index contributed by atoms with van der Waals surface area (Å²) < 4.78 is 0. The molecule has 0 fully saturated rings. The van der Waals surface area contributed by atoms with Crippen LogP contribution in [0.1, 0.15) is 32.9 Å². The lowest BCUT2D eigenvalue weighted by atomic mass is 9.92. The van der Waals surface area contributed by atoms with E-state index in [-0.39, 0.29) is 11.3 Å². The van der Waals surface area contributed by atoms with Gasteiger partial charge < -0.3 is 4.98 Å². The molecule has 0 atom stereocenters. The molecule has 1 rings (SSSR count). The van der Waals surface area contributed by atoms with Gasteiger partial charge in [0.05, 0.1) is 24.4 Å². The number of aromatic nitrogens is 2. The summed E-state index contributed by atoms with van der Waals surface area (Å²) in [6, 6.07) is 0. The lowest BCUT2D eigenvalue weighted by Gasteiger charge is -2.15. The third-order valence-electron chi connectivity index (χ3n) is 1.60. The highest BCUT2D eigenvalue weighted by molar-refractivity contribution is 5.80. The highest BCUT2D eigenvalue weighted by Gasteiger charge is 2.14. The summed E-state index contributed by atoms with van der Waals surface area (Å²) >= 11 is 0. The number of carbonyl (C=O) groups excluding carboxylic acids is 1. The van der Waals surface area contributed by atoms with Crippen LogP contribution in [0.2, 0.25) is 0 Å². The Bertz CT molecular complexity index is 335. The van der Waals surface area contributed by atoms with E-state index in [1.807, 2.05) is 20.8 Å².